The summed E-state index contributed by atoms with van der Waals surface area (Å²) in [6, 6.07) is 9.07. The first kappa shape index (κ1) is 19.6. The molecule has 4 N–H and O–H groups in total. The fourth-order valence-electron chi connectivity index (χ4n) is 4.01. The van der Waals surface area contributed by atoms with Crippen LogP contribution in [0.15, 0.2) is 30.5 Å². The normalized spacial score (nSPS) is 21.1. The van der Waals surface area contributed by atoms with Crippen molar-refractivity contribution < 1.29 is 10.2 Å². The molecular formula is C20H25ClN4O2. The quantitative estimate of drug-likeness (QED) is 0.705. The number of piperidine rings is 1. The average molecular weight is 389 g/mol. The molecule has 2 unspecified atom stereocenters. The van der Waals surface area contributed by atoms with Crippen LogP contribution in [0.5, 0.6) is 5.75 Å². The molecule has 6 nitrogen and oxygen atoms in total. The van der Waals surface area contributed by atoms with Gasteiger partial charge in [0.25, 0.3) is 0 Å². The van der Waals surface area contributed by atoms with Gasteiger partial charge in [-0.1, -0.05) is 0 Å². The Balaban J connectivity index is 0.00000105. The predicted molar refractivity (Wildman–Crippen MR) is 109 cm³/mol. The first-order valence-electron chi connectivity index (χ1n) is 9.11. The second kappa shape index (κ2) is 7.84. The third-order valence-corrected chi connectivity index (χ3v) is 5.38. The predicted octanol–water partition coefficient (Wildman–Crippen LogP) is 3.01. The lowest BCUT2D eigenvalue weighted by Gasteiger charge is -2.26. The highest BCUT2D eigenvalue weighted by molar-refractivity contribution is 5.85. The minimum atomic E-state index is 0. The summed E-state index contributed by atoms with van der Waals surface area (Å²) in [5.41, 5.74) is 5.56. The Morgan fingerprint density at radius 3 is 2.96 bits per heavy atom. The van der Waals surface area contributed by atoms with Crippen molar-refractivity contribution in [2.75, 3.05) is 13.2 Å². The molecule has 4 heterocycles. The van der Waals surface area contributed by atoms with Crippen LogP contribution in [0.2, 0.25) is 0 Å². The smallest absolute Gasteiger partial charge is 0.132 e. The lowest BCUT2D eigenvalue weighted by molar-refractivity contribution is 0.357. The van der Waals surface area contributed by atoms with Crippen LogP contribution >= 0.6 is 12.4 Å². The third-order valence-electron chi connectivity index (χ3n) is 5.38. The van der Waals surface area contributed by atoms with Crippen LogP contribution in [0.25, 0.3) is 22.3 Å². The summed E-state index contributed by atoms with van der Waals surface area (Å²) in [5, 5.41) is 3.49. The van der Waals surface area contributed by atoms with Crippen LogP contribution in [-0.4, -0.2) is 39.6 Å². The van der Waals surface area contributed by atoms with E-state index in [0.717, 1.165) is 60.7 Å². The van der Waals surface area contributed by atoms with E-state index >= 15 is 0 Å². The standard InChI is InChI=1S/C20H22N4O.ClH.H2O/c1-12-8-15(4-6-21-12)20-22-11-18-17(24-20)10-16(23-18)13-2-3-19-14(9-13)5-7-25-19;;/h2-3,9-12,15,21,23H,4-8H2,1H3;1H;1H2. The summed E-state index contributed by atoms with van der Waals surface area (Å²) >= 11 is 0. The van der Waals surface area contributed by atoms with Crippen LogP contribution in [0.4, 0.5) is 0 Å². The number of aromatic nitrogens is 3. The van der Waals surface area contributed by atoms with E-state index in [2.05, 4.69) is 46.5 Å². The first-order chi connectivity index (χ1) is 12.3. The highest BCUT2D eigenvalue weighted by Gasteiger charge is 2.22. The zero-order valence-corrected chi connectivity index (χ0v) is 16.1. The van der Waals surface area contributed by atoms with Crippen molar-refractivity contribution >= 4 is 23.4 Å². The fourth-order valence-corrected chi connectivity index (χ4v) is 4.01. The minimum Gasteiger partial charge on any atom is -0.493 e. The van der Waals surface area contributed by atoms with Crippen LogP contribution < -0.4 is 10.1 Å². The van der Waals surface area contributed by atoms with E-state index in [4.69, 9.17) is 9.72 Å². The monoisotopic (exact) mass is 388 g/mol. The molecule has 1 fully saturated rings. The van der Waals surface area contributed by atoms with Gasteiger partial charge in [-0.05, 0) is 61.7 Å². The molecule has 0 aliphatic carbocycles. The van der Waals surface area contributed by atoms with Gasteiger partial charge in [0.1, 0.15) is 11.6 Å². The Labute approximate surface area is 164 Å². The molecule has 144 valence electrons. The van der Waals surface area contributed by atoms with Crippen LogP contribution in [0, 0.1) is 0 Å². The summed E-state index contributed by atoms with van der Waals surface area (Å²) in [5.74, 6) is 2.45. The van der Waals surface area contributed by atoms with Gasteiger partial charge < -0.3 is 20.5 Å². The summed E-state index contributed by atoms with van der Waals surface area (Å²) in [7, 11) is 0. The number of ether oxygens (including phenoxy) is 1. The van der Waals surface area contributed by atoms with E-state index in [9.17, 15) is 0 Å². The van der Waals surface area contributed by atoms with Gasteiger partial charge in [0.15, 0.2) is 0 Å². The van der Waals surface area contributed by atoms with Gasteiger partial charge in [-0.2, -0.15) is 0 Å². The number of hydrogen-bond donors (Lipinski definition) is 2. The molecule has 0 spiro atoms. The molecule has 2 aliphatic heterocycles. The molecule has 0 amide bonds. The molecule has 3 aromatic rings. The van der Waals surface area contributed by atoms with Crippen LogP contribution in [-0.2, 0) is 6.42 Å². The van der Waals surface area contributed by atoms with E-state index in [1.54, 1.807) is 0 Å². The maximum Gasteiger partial charge on any atom is 0.132 e. The molecule has 2 aliphatic rings. The van der Waals surface area contributed by atoms with Gasteiger partial charge >= 0.3 is 0 Å². The number of halogens is 1. The summed E-state index contributed by atoms with van der Waals surface area (Å²) in [4.78, 5) is 13.0. The highest BCUT2D eigenvalue weighted by Crippen LogP contribution is 2.32. The average Bonchev–Trinajstić information content (AvgIpc) is 3.26. The second-order valence-corrected chi connectivity index (χ2v) is 7.21. The zero-order valence-electron chi connectivity index (χ0n) is 15.3. The van der Waals surface area contributed by atoms with E-state index in [1.165, 1.54) is 11.1 Å². The molecule has 1 saturated heterocycles. The van der Waals surface area contributed by atoms with Crippen molar-refractivity contribution in [3.8, 4) is 17.0 Å². The Bertz CT molecular complexity index is 943. The van der Waals surface area contributed by atoms with E-state index in [-0.39, 0.29) is 17.9 Å². The van der Waals surface area contributed by atoms with Gasteiger partial charge in [-0.3, -0.25) is 0 Å². The fraction of sp³-hybridized carbons (Fsp3) is 0.400. The van der Waals surface area contributed by atoms with Gasteiger partial charge in [0, 0.05) is 24.1 Å². The van der Waals surface area contributed by atoms with Gasteiger partial charge in [-0.15, -0.1) is 12.4 Å². The summed E-state index contributed by atoms with van der Waals surface area (Å²) in [6.45, 7) is 4.06. The van der Waals surface area contributed by atoms with Crippen molar-refractivity contribution in [2.24, 2.45) is 0 Å². The number of nitrogens with one attached hydrogen (secondary N) is 2. The Hall–Kier alpha value is -2.15. The molecule has 2 aromatic heterocycles. The number of nitrogens with zero attached hydrogens (tertiary/aromatic N) is 2. The van der Waals surface area contributed by atoms with Gasteiger partial charge in [0.2, 0.25) is 0 Å². The number of hydrogen-bond acceptors (Lipinski definition) is 4. The number of rotatable bonds is 2. The minimum absolute atomic E-state index is 0. The lowest BCUT2D eigenvalue weighted by atomic mass is 9.92. The Kier molecular flexibility index (Phi) is 5.69. The SMILES string of the molecule is CC1CC(c2ncc3[nH]c(-c4ccc5c(c4)CCO5)cc3n2)CCN1.Cl.O. The maximum absolute atomic E-state index is 5.60. The zero-order chi connectivity index (χ0) is 16.8. The Morgan fingerprint density at radius 1 is 1.22 bits per heavy atom. The van der Waals surface area contributed by atoms with Crippen molar-refractivity contribution in [2.45, 2.75) is 38.1 Å². The lowest BCUT2D eigenvalue weighted by Crippen LogP contribution is -2.35. The molecule has 5 rings (SSSR count). The van der Waals surface area contributed by atoms with E-state index < -0.39 is 0 Å². The second-order valence-electron chi connectivity index (χ2n) is 7.21. The van der Waals surface area contributed by atoms with E-state index in [1.807, 2.05) is 6.20 Å². The van der Waals surface area contributed by atoms with Gasteiger partial charge in [0.05, 0.1) is 23.8 Å². The first-order valence-corrected chi connectivity index (χ1v) is 9.11. The van der Waals surface area contributed by atoms with E-state index in [0.29, 0.717) is 12.0 Å². The van der Waals surface area contributed by atoms with Crippen LogP contribution in [0.3, 0.4) is 0 Å². The molecular weight excluding hydrogens is 364 g/mol. The number of fused-ring (bicyclic) bond motifs is 2. The molecule has 0 radical (unpaired) electrons. The van der Waals surface area contributed by atoms with Crippen LogP contribution in [0.1, 0.15) is 37.1 Å². The van der Waals surface area contributed by atoms with Crippen molar-refractivity contribution in [1.82, 2.24) is 20.3 Å². The third kappa shape index (κ3) is 3.65. The molecule has 0 bridgehead atoms. The highest BCUT2D eigenvalue weighted by atomic mass is 35.5. The number of H-pyrrole nitrogens is 1. The maximum atomic E-state index is 5.60. The number of benzene rings is 1. The Morgan fingerprint density at radius 2 is 2.11 bits per heavy atom. The molecule has 0 saturated carbocycles. The summed E-state index contributed by atoms with van der Waals surface area (Å²) < 4.78 is 5.60. The van der Waals surface area contributed by atoms with Crippen molar-refractivity contribution in [1.29, 1.82) is 0 Å². The largest absolute Gasteiger partial charge is 0.493 e. The van der Waals surface area contributed by atoms with Crippen molar-refractivity contribution in [3.63, 3.8) is 0 Å². The molecule has 1 aromatic carbocycles. The van der Waals surface area contributed by atoms with Gasteiger partial charge in [-0.25, -0.2) is 9.97 Å². The molecule has 27 heavy (non-hydrogen) atoms. The molecule has 7 heteroatoms. The molecule has 2 atom stereocenters. The summed E-state index contributed by atoms with van der Waals surface area (Å²) in [6.07, 6.45) is 5.14. The topological polar surface area (TPSA) is 94.3 Å². The number of aromatic amines is 1. The van der Waals surface area contributed by atoms with Crippen molar-refractivity contribution in [3.05, 3.63) is 41.9 Å².